The first-order chi connectivity index (χ1) is 12.0. The number of benzene rings is 2. The Kier molecular flexibility index (Phi) is 5.73. The van der Waals surface area contributed by atoms with Gasteiger partial charge in [-0.25, -0.2) is 13.1 Å². The maximum Gasteiger partial charge on any atom is 0.255 e. The topological polar surface area (TPSA) is 84.5 Å². The van der Waals surface area contributed by atoms with Crippen LogP contribution in [-0.4, -0.2) is 27.0 Å². The number of carbonyl (C=O) groups excluding carboxylic acids is 1. The fraction of sp³-hybridized carbons (Fsp3) is 0.316. The lowest BCUT2D eigenvalue weighted by Gasteiger charge is -2.20. The summed E-state index contributed by atoms with van der Waals surface area (Å²) < 4.78 is 32.7. The van der Waals surface area contributed by atoms with Crippen LogP contribution in [0.15, 0.2) is 47.4 Å². The Morgan fingerprint density at radius 2 is 1.65 bits per heavy atom. The van der Waals surface area contributed by atoms with Gasteiger partial charge in [-0.3, -0.25) is 4.79 Å². The summed E-state index contributed by atoms with van der Waals surface area (Å²) in [5, 5.41) is 2.77. The largest absolute Gasteiger partial charge is 0.497 e. The van der Waals surface area contributed by atoms with Gasteiger partial charge in [-0.2, -0.15) is 0 Å². The van der Waals surface area contributed by atoms with E-state index in [9.17, 15) is 13.2 Å². The van der Waals surface area contributed by atoms with Crippen molar-refractivity contribution in [2.75, 3.05) is 12.4 Å². The van der Waals surface area contributed by atoms with Gasteiger partial charge >= 0.3 is 0 Å². The average molecular weight is 376 g/mol. The molecule has 2 aromatic rings. The third-order valence-electron chi connectivity index (χ3n) is 3.55. The zero-order chi connectivity index (χ0) is 19.5. The van der Waals surface area contributed by atoms with Crippen molar-refractivity contribution in [2.24, 2.45) is 0 Å². The summed E-state index contributed by atoms with van der Waals surface area (Å²) >= 11 is 0. The minimum atomic E-state index is -3.72. The zero-order valence-corrected chi connectivity index (χ0v) is 16.4. The third-order valence-corrected chi connectivity index (χ3v) is 5.31. The van der Waals surface area contributed by atoms with Crippen molar-refractivity contribution in [1.82, 2.24) is 4.72 Å². The lowest BCUT2D eigenvalue weighted by Crippen LogP contribution is -2.40. The molecular weight excluding hydrogens is 352 g/mol. The predicted octanol–water partition coefficient (Wildman–Crippen LogP) is 3.33. The predicted molar refractivity (Wildman–Crippen MR) is 102 cm³/mol. The minimum Gasteiger partial charge on any atom is -0.497 e. The number of hydrogen-bond acceptors (Lipinski definition) is 4. The molecule has 0 spiro atoms. The molecule has 26 heavy (non-hydrogen) atoms. The maximum absolute atomic E-state index is 12.6. The van der Waals surface area contributed by atoms with Crippen LogP contribution in [-0.2, 0) is 10.0 Å². The molecule has 0 radical (unpaired) electrons. The smallest absolute Gasteiger partial charge is 0.255 e. The van der Waals surface area contributed by atoms with E-state index in [1.54, 1.807) is 65.1 Å². The van der Waals surface area contributed by atoms with Crippen molar-refractivity contribution in [1.29, 1.82) is 0 Å². The normalized spacial score (nSPS) is 11.9. The van der Waals surface area contributed by atoms with Gasteiger partial charge in [0.25, 0.3) is 5.91 Å². The molecule has 140 valence electrons. The molecule has 7 heteroatoms. The molecule has 0 aromatic heterocycles. The van der Waals surface area contributed by atoms with Crippen molar-refractivity contribution in [3.8, 4) is 5.75 Å². The van der Waals surface area contributed by atoms with Crippen molar-refractivity contribution < 1.29 is 17.9 Å². The van der Waals surface area contributed by atoms with Gasteiger partial charge in [0.1, 0.15) is 5.75 Å². The first-order valence-electron chi connectivity index (χ1n) is 8.12. The van der Waals surface area contributed by atoms with Crippen LogP contribution in [0, 0.1) is 6.92 Å². The highest BCUT2D eigenvalue weighted by Gasteiger charge is 2.23. The summed E-state index contributed by atoms with van der Waals surface area (Å²) in [6.45, 7) is 7.04. The number of hydrogen-bond donors (Lipinski definition) is 2. The summed E-state index contributed by atoms with van der Waals surface area (Å²) in [6.07, 6.45) is 0. The van der Waals surface area contributed by atoms with E-state index in [2.05, 4.69) is 10.0 Å². The van der Waals surface area contributed by atoms with E-state index in [1.165, 1.54) is 12.1 Å². The molecular formula is C19H24N2O4S. The van der Waals surface area contributed by atoms with Crippen LogP contribution in [0.25, 0.3) is 0 Å². The highest BCUT2D eigenvalue weighted by molar-refractivity contribution is 7.89. The lowest BCUT2D eigenvalue weighted by atomic mass is 10.1. The highest BCUT2D eigenvalue weighted by atomic mass is 32.2. The molecule has 0 atom stereocenters. The Hall–Kier alpha value is -2.38. The van der Waals surface area contributed by atoms with Crippen LogP contribution in [0.5, 0.6) is 5.75 Å². The highest BCUT2D eigenvalue weighted by Crippen LogP contribution is 2.20. The van der Waals surface area contributed by atoms with Crippen molar-refractivity contribution >= 4 is 21.6 Å². The molecule has 1 amide bonds. The molecule has 6 nitrogen and oxygen atoms in total. The summed E-state index contributed by atoms with van der Waals surface area (Å²) in [7, 11) is -2.16. The standard InChI is InChI=1S/C19H24N2O4S/c1-13-6-11-16(26(23,24)21-19(2,3)4)12-17(13)18(22)20-14-7-9-15(25-5)10-8-14/h6-12,21H,1-5H3,(H,20,22). The van der Waals surface area contributed by atoms with Gasteiger partial charge in [0.05, 0.1) is 12.0 Å². The second kappa shape index (κ2) is 7.47. The molecule has 2 N–H and O–H groups in total. The minimum absolute atomic E-state index is 0.0536. The van der Waals surface area contributed by atoms with Gasteiger partial charge in [-0.1, -0.05) is 6.07 Å². The average Bonchev–Trinajstić information content (AvgIpc) is 2.53. The number of sulfonamides is 1. The summed E-state index contributed by atoms with van der Waals surface area (Å²) in [5.74, 6) is 0.306. The number of carbonyl (C=O) groups is 1. The first kappa shape index (κ1) is 19.9. The molecule has 0 fully saturated rings. The molecule has 0 heterocycles. The van der Waals surface area contributed by atoms with Crippen LogP contribution >= 0.6 is 0 Å². The molecule has 0 aliphatic carbocycles. The Morgan fingerprint density at radius 3 is 2.19 bits per heavy atom. The van der Waals surface area contributed by atoms with E-state index >= 15 is 0 Å². The van der Waals surface area contributed by atoms with E-state index in [4.69, 9.17) is 4.74 Å². The number of ether oxygens (including phenoxy) is 1. The van der Waals surface area contributed by atoms with E-state index in [1.807, 2.05) is 0 Å². The maximum atomic E-state index is 12.6. The van der Waals surface area contributed by atoms with Crippen molar-refractivity contribution in [3.05, 3.63) is 53.6 Å². The molecule has 0 aliphatic rings. The van der Waals surface area contributed by atoms with Crippen LogP contribution in [0.2, 0.25) is 0 Å². The SMILES string of the molecule is COc1ccc(NC(=O)c2cc(S(=O)(=O)NC(C)(C)C)ccc2C)cc1. The number of methoxy groups -OCH3 is 1. The van der Waals surface area contributed by atoms with Gasteiger partial charge in [0, 0.05) is 16.8 Å². The zero-order valence-electron chi connectivity index (χ0n) is 15.6. The Labute approximate surface area is 154 Å². The molecule has 0 unspecified atom stereocenters. The van der Waals surface area contributed by atoms with E-state index in [0.29, 0.717) is 22.6 Å². The van der Waals surface area contributed by atoms with Crippen LogP contribution in [0.4, 0.5) is 5.69 Å². The summed E-state index contributed by atoms with van der Waals surface area (Å²) in [4.78, 5) is 12.6. The fourth-order valence-electron chi connectivity index (χ4n) is 2.35. The summed E-state index contributed by atoms with van der Waals surface area (Å²) in [5.41, 5.74) is 0.967. The Morgan fingerprint density at radius 1 is 1.04 bits per heavy atom. The van der Waals surface area contributed by atoms with E-state index in [-0.39, 0.29) is 10.8 Å². The van der Waals surface area contributed by atoms with Crippen LogP contribution < -0.4 is 14.8 Å². The number of amides is 1. The van der Waals surface area contributed by atoms with E-state index in [0.717, 1.165) is 0 Å². The Balaban J connectivity index is 2.29. The van der Waals surface area contributed by atoms with Gasteiger partial charge < -0.3 is 10.1 Å². The molecule has 0 bridgehead atoms. The van der Waals surface area contributed by atoms with Crippen LogP contribution in [0.3, 0.4) is 0 Å². The second-order valence-corrected chi connectivity index (χ2v) is 8.70. The van der Waals surface area contributed by atoms with Crippen molar-refractivity contribution in [2.45, 2.75) is 38.1 Å². The van der Waals surface area contributed by atoms with Crippen LogP contribution in [0.1, 0.15) is 36.7 Å². The van der Waals surface area contributed by atoms with Gasteiger partial charge in [0.15, 0.2) is 0 Å². The molecule has 0 saturated carbocycles. The monoisotopic (exact) mass is 376 g/mol. The lowest BCUT2D eigenvalue weighted by molar-refractivity contribution is 0.102. The van der Waals surface area contributed by atoms with Crippen molar-refractivity contribution in [3.63, 3.8) is 0 Å². The fourth-order valence-corrected chi connectivity index (χ4v) is 3.79. The van der Waals surface area contributed by atoms with E-state index < -0.39 is 15.6 Å². The van der Waals surface area contributed by atoms with Gasteiger partial charge in [-0.15, -0.1) is 0 Å². The number of rotatable bonds is 5. The molecule has 0 saturated heterocycles. The summed E-state index contributed by atoms with van der Waals surface area (Å²) in [6, 6.07) is 11.4. The number of anilines is 1. The number of aryl methyl sites for hydroxylation is 1. The molecule has 0 aliphatic heterocycles. The molecule has 2 rings (SSSR count). The molecule has 2 aromatic carbocycles. The Bertz CT molecular complexity index is 898. The number of nitrogens with one attached hydrogen (secondary N) is 2. The quantitative estimate of drug-likeness (QED) is 0.838. The van der Waals surface area contributed by atoms with Gasteiger partial charge in [-0.05, 0) is 69.7 Å². The first-order valence-corrected chi connectivity index (χ1v) is 9.60. The second-order valence-electron chi connectivity index (χ2n) is 7.01. The third kappa shape index (κ3) is 5.06. The van der Waals surface area contributed by atoms with Gasteiger partial charge in [0.2, 0.25) is 10.0 Å².